The van der Waals surface area contributed by atoms with E-state index in [1.54, 1.807) is 0 Å². The smallest absolute Gasteiger partial charge is 0.306 e. The van der Waals surface area contributed by atoms with E-state index in [0.29, 0.717) is 6.42 Å². The maximum Gasteiger partial charge on any atom is 0.306 e. The molecule has 0 bridgehead atoms. The van der Waals surface area contributed by atoms with Crippen molar-refractivity contribution in [3.63, 3.8) is 0 Å². The summed E-state index contributed by atoms with van der Waals surface area (Å²) in [5, 5.41) is 8.80. The Hall–Kier alpha value is -1.32. The lowest BCUT2D eigenvalue weighted by atomic mass is 10.0. The zero-order valence-electron chi connectivity index (χ0n) is 29.0. The molecule has 0 saturated heterocycles. The summed E-state index contributed by atoms with van der Waals surface area (Å²) >= 11 is 0. The molecule has 1 atom stereocenters. The van der Waals surface area contributed by atoms with E-state index in [-0.39, 0.29) is 18.5 Å². The van der Waals surface area contributed by atoms with E-state index in [9.17, 15) is 9.59 Å². The van der Waals surface area contributed by atoms with Crippen LogP contribution in [0.3, 0.4) is 0 Å². The molecule has 0 radical (unpaired) electrons. The first-order chi connectivity index (χ1) is 21.1. The average molecular weight is 607 g/mol. The predicted octanol–water partition coefficient (Wildman–Crippen LogP) is 13.1. The van der Waals surface area contributed by atoms with E-state index >= 15 is 0 Å². The third-order valence-corrected chi connectivity index (χ3v) is 8.74. The molecule has 0 heterocycles. The number of hydrogen-bond acceptors (Lipinski definition) is 3. The van der Waals surface area contributed by atoms with Gasteiger partial charge in [-0.25, -0.2) is 0 Å². The Morgan fingerprint density at radius 2 is 0.860 bits per heavy atom. The van der Waals surface area contributed by atoms with Gasteiger partial charge in [-0.15, -0.1) is 0 Å². The highest BCUT2D eigenvalue weighted by Crippen LogP contribution is 2.18. The molecule has 0 fully saturated rings. The van der Waals surface area contributed by atoms with Gasteiger partial charge in [0.2, 0.25) is 0 Å². The molecule has 0 aliphatic carbocycles. The Balaban J connectivity index is 4.04. The van der Waals surface area contributed by atoms with Crippen LogP contribution < -0.4 is 0 Å². The number of carbonyl (C=O) groups is 2. The summed E-state index contributed by atoms with van der Waals surface area (Å²) in [5.41, 5.74) is 0. The minimum Gasteiger partial charge on any atom is -0.481 e. The monoisotopic (exact) mass is 607 g/mol. The van der Waals surface area contributed by atoms with Gasteiger partial charge in [-0.05, 0) is 57.8 Å². The summed E-state index contributed by atoms with van der Waals surface area (Å²) in [6.07, 6.45) is 42.3. The molecule has 4 heteroatoms. The molecule has 0 aromatic rings. The number of carbonyl (C=O) groups excluding carboxylic acids is 1. The first kappa shape index (κ1) is 41.7. The van der Waals surface area contributed by atoms with Gasteiger partial charge in [-0.1, -0.05) is 161 Å². The highest BCUT2D eigenvalue weighted by molar-refractivity contribution is 5.69. The van der Waals surface area contributed by atoms with Gasteiger partial charge in [-0.3, -0.25) is 9.59 Å². The second kappa shape index (κ2) is 35.2. The van der Waals surface area contributed by atoms with Crippen molar-refractivity contribution in [3.8, 4) is 0 Å². The van der Waals surface area contributed by atoms with Gasteiger partial charge in [0.15, 0.2) is 0 Å². The number of unbranched alkanes of at least 4 members (excludes halogenated alkanes) is 24. The van der Waals surface area contributed by atoms with Crippen molar-refractivity contribution in [1.82, 2.24) is 0 Å². The van der Waals surface area contributed by atoms with Crippen molar-refractivity contribution in [2.24, 2.45) is 0 Å². The molecule has 0 rings (SSSR count). The number of esters is 1. The molecule has 1 unspecified atom stereocenters. The Kier molecular flexibility index (Phi) is 34.1. The van der Waals surface area contributed by atoms with Gasteiger partial charge in [-0.2, -0.15) is 0 Å². The summed E-state index contributed by atoms with van der Waals surface area (Å²) in [4.78, 5) is 23.3. The Bertz CT molecular complexity index is 614. The highest BCUT2D eigenvalue weighted by Gasteiger charge is 2.14. The zero-order chi connectivity index (χ0) is 31.5. The van der Waals surface area contributed by atoms with Crippen molar-refractivity contribution in [1.29, 1.82) is 0 Å². The Labute approximate surface area is 268 Å². The van der Waals surface area contributed by atoms with E-state index in [0.717, 1.165) is 70.6 Å². The van der Waals surface area contributed by atoms with Crippen LogP contribution in [0.5, 0.6) is 0 Å². The normalized spacial score (nSPS) is 12.2. The van der Waals surface area contributed by atoms with Crippen LogP contribution in [-0.4, -0.2) is 23.1 Å². The van der Waals surface area contributed by atoms with Crippen LogP contribution in [0.4, 0.5) is 0 Å². The van der Waals surface area contributed by atoms with Gasteiger partial charge in [0, 0.05) is 12.8 Å². The maximum absolute atomic E-state index is 12.6. The van der Waals surface area contributed by atoms with E-state index in [2.05, 4.69) is 26.0 Å². The standard InChI is InChI=1S/C39H74O4/c1-3-5-7-9-11-13-15-16-17-19-21-23-28-32-36-39(42)43-37(34-30-26-24-27-31-35-38(40)41)33-29-25-22-20-18-14-12-10-8-6-4-2/h20,22,37H,3-19,21,23-36H2,1-2H3,(H,40,41)/b22-20-. The molecule has 0 aromatic carbocycles. The number of rotatable bonds is 35. The highest BCUT2D eigenvalue weighted by atomic mass is 16.5. The summed E-state index contributed by atoms with van der Waals surface area (Å²) in [6, 6.07) is 0. The first-order valence-corrected chi connectivity index (χ1v) is 19.2. The molecule has 254 valence electrons. The van der Waals surface area contributed by atoms with Crippen LogP contribution in [0.25, 0.3) is 0 Å². The van der Waals surface area contributed by atoms with Crippen LogP contribution in [0.1, 0.15) is 219 Å². The number of carboxylic acid groups (broad SMARTS) is 1. The lowest BCUT2D eigenvalue weighted by Gasteiger charge is -2.18. The second-order valence-corrected chi connectivity index (χ2v) is 13.1. The lowest BCUT2D eigenvalue weighted by molar-refractivity contribution is -0.150. The molecule has 0 amide bonds. The number of ether oxygens (including phenoxy) is 1. The SMILES string of the molecule is CCCCCCCC/C=C\CCCC(CCCCCCCC(=O)O)OC(=O)CCCCCCCCCCCCCCCC. The predicted molar refractivity (Wildman–Crippen MR) is 186 cm³/mol. The second-order valence-electron chi connectivity index (χ2n) is 13.1. The van der Waals surface area contributed by atoms with Gasteiger partial charge >= 0.3 is 11.9 Å². The minimum atomic E-state index is -0.702. The number of carboxylic acids is 1. The molecule has 0 aliphatic heterocycles. The van der Waals surface area contributed by atoms with Crippen LogP contribution in [0.2, 0.25) is 0 Å². The summed E-state index contributed by atoms with van der Waals surface area (Å²) < 4.78 is 5.97. The quantitative estimate of drug-likeness (QED) is 0.0443. The molecule has 0 saturated carbocycles. The first-order valence-electron chi connectivity index (χ1n) is 19.2. The van der Waals surface area contributed by atoms with Gasteiger partial charge in [0.25, 0.3) is 0 Å². The van der Waals surface area contributed by atoms with Crippen molar-refractivity contribution < 1.29 is 19.4 Å². The molecular formula is C39H74O4. The average Bonchev–Trinajstić information content (AvgIpc) is 2.99. The molecule has 43 heavy (non-hydrogen) atoms. The van der Waals surface area contributed by atoms with Crippen LogP contribution in [0.15, 0.2) is 12.2 Å². The molecule has 0 aromatic heterocycles. The molecule has 0 spiro atoms. The van der Waals surface area contributed by atoms with E-state index in [1.165, 1.54) is 122 Å². The van der Waals surface area contributed by atoms with Gasteiger partial charge in [0.05, 0.1) is 0 Å². The number of hydrogen-bond donors (Lipinski definition) is 1. The van der Waals surface area contributed by atoms with Gasteiger partial charge < -0.3 is 9.84 Å². The van der Waals surface area contributed by atoms with Crippen molar-refractivity contribution >= 4 is 11.9 Å². The van der Waals surface area contributed by atoms with Gasteiger partial charge in [0.1, 0.15) is 6.10 Å². The summed E-state index contributed by atoms with van der Waals surface area (Å²) in [6.45, 7) is 4.54. The van der Waals surface area contributed by atoms with Crippen LogP contribution in [0, 0.1) is 0 Å². The Morgan fingerprint density at radius 1 is 0.488 bits per heavy atom. The maximum atomic E-state index is 12.6. The van der Waals surface area contributed by atoms with E-state index in [4.69, 9.17) is 9.84 Å². The molecule has 1 N–H and O–H groups in total. The third-order valence-electron chi connectivity index (χ3n) is 8.74. The molecule has 4 nitrogen and oxygen atoms in total. The van der Waals surface area contributed by atoms with E-state index in [1.807, 2.05) is 0 Å². The molecule has 0 aliphatic rings. The largest absolute Gasteiger partial charge is 0.481 e. The molecular weight excluding hydrogens is 532 g/mol. The number of aliphatic carboxylic acids is 1. The minimum absolute atomic E-state index is 0.0102. The lowest BCUT2D eigenvalue weighted by Crippen LogP contribution is -2.18. The number of allylic oxidation sites excluding steroid dienone is 2. The third kappa shape index (κ3) is 35.0. The summed E-state index contributed by atoms with van der Waals surface area (Å²) in [5.74, 6) is -0.712. The van der Waals surface area contributed by atoms with Crippen molar-refractivity contribution in [2.45, 2.75) is 225 Å². The Morgan fingerprint density at radius 3 is 1.35 bits per heavy atom. The fraction of sp³-hybridized carbons (Fsp3) is 0.897. The summed E-state index contributed by atoms with van der Waals surface area (Å²) in [7, 11) is 0. The van der Waals surface area contributed by atoms with Crippen molar-refractivity contribution in [3.05, 3.63) is 12.2 Å². The zero-order valence-corrected chi connectivity index (χ0v) is 29.0. The van der Waals surface area contributed by atoms with Crippen LogP contribution in [-0.2, 0) is 14.3 Å². The fourth-order valence-electron chi connectivity index (χ4n) is 5.89. The topological polar surface area (TPSA) is 63.6 Å². The van der Waals surface area contributed by atoms with Crippen molar-refractivity contribution in [2.75, 3.05) is 0 Å². The fourth-order valence-corrected chi connectivity index (χ4v) is 5.89. The van der Waals surface area contributed by atoms with Crippen LogP contribution >= 0.6 is 0 Å². The van der Waals surface area contributed by atoms with E-state index < -0.39 is 5.97 Å².